The zero-order chi connectivity index (χ0) is 13.7. The van der Waals surface area contributed by atoms with Gasteiger partial charge < -0.3 is 10.6 Å². The molecule has 20 heavy (non-hydrogen) atoms. The molecule has 1 aliphatic rings. The molecule has 0 aliphatic carbocycles. The van der Waals surface area contributed by atoms with Crippen molar-refractivity contribution in [2.75, 3.05) is 19.3 Å². The molecule has 0 saturated carbocycles. The van der Waals surface area contributed by atoms with Gasteiger partial charge in [-0.15, -0.1) is 24.2 Å². The van der Waals surface area contributed by atoms with E-state index in [2.05, 4.69) is 42.0 Å². The first-order valence-corrected chi connectivity index (χ1v) is 8.05. The third-order valence-corrected chi connectivity index (χ3v) is 4.38. The molecule has 2 rings (SSSR count). The fraction of sp³-hybridized carbons (Fsp3) is 0.533. The SMILES string of the molecule is CSc1cc(C)ccc1CNC(=O)C1CCCNC1.Cl. The van der Waals surface area contributed by atoms with Gasteiger partial charge in [0.15, 0.2) is 0 Å². The Kier molecular flexibility index (Phi) is 7.41. The van der Waals surface area contributed by atoms with Gasteiger partial charge in [0.2, 0.25) is 5.91 Å². The lowest BCUT2D eigenvalue weighted by atomic mass is 9.99. The average Bonchev–Trinajstić information content (AvgIpc) is 2.46. The number of benzene rings is 1. The van der Waals surface area contributed by atoms with Crippen molar-refractivity contribution in [3.8, 4) is 0 Å². The van der Waals surface area contributed by atoms with Crippen LogP contribution in [0.1, 0.15) is 24.0 Å². The Morgan fingerprint density at radius 1 is 1.50 bits per heavy atom. The molecule has 3 nitrogen and oxygen atoms in total. The molecule has 112 valence electrons. The molecule has 1 atom stereocenters. The number of thioether (sulfide) groups is 1. The number of carbonyl (C=O) groups excluding carboxylic acids is 1. The van der Waals surface area contributed by atoms with Gasteiger partial charge in [0.05, 0.1) is 5.92 Å². The Morgan fingerprint density at radius 3 is 2.95 bits per heavy atom. The van der Waals surface area contributed by atoms with E-state index in [0.717, 1.165) is 25.9 Å². The molecular formula is C15H23ClN2OS. The standard InChI is InChI=1S/C15H22N2OS.ClH/c1-11-5-6-12(14(8-11)19-2)10-17-15(18)13-4-3-7-16-9-13;/h5-6,8,13,16H,3-4,7,9-10H2,1-2H3,(H,17,18);1H. The molecular weight excluding hydrogens is 292 g/mol. The highest BCUT2D eigenvalue weighted by Gasteiger charge is 2.20. The Labute approximate surface area is 131 Å². The molecule has 1 aliphatic heterocycles. The molecule has 0 spiro atoms. The summed E-state index contributed by atoms with van der Waals surface area (Å²) in [5.74, 6) is 0.316. The number of hydrogen-bond donors (Lipinski definition) is 2. The first-order chi connectivity index (χ1) is 9.20. The monoisotopic (exact) mass is 314 g/mol. The van der Waals surface area contributed by atoms with Crippen LogP contribution in [0, 0.1) is 12.8 Å². The van der Waals surface area contributed by atoms with Crippen LogP contribution < -0.4 is 10.6 Å². The number of piperidine rings is 1. The predicted molar refractivity (Wildman–Crippen MR) is 87.6 cm³/mol. The third-order valence-electron chi connectivity index (χ3n) is 3.56. The number of hydrogen-bond acceptors (Lipinski definition) is 3. The largest absolute Gasteiger partial charge is 0.352 e. The lowest BCUT2D eigenvalue weighted by Gasteiger charge is -2.22. The molecule has 1 aromatic carbocycles. The maximum Gasteiger partial charge on any atom is 0.224 e. The van der Waals surface area contributed by atoms with E-state index in [0.29, 0.717) is 6.54 Å². The zero-order valence-corrected chi connectivity index (χ0v) is 13.7. The van der Waals surface area contributed by atoms with E-state index < -0.39 is 0 Å². The summed E-state index contributed by atoms with van der Waals surface area (Å²) < 4.78 is 0. The minimum Gasteiger partial charge on any atom is -0.352 e. The van der Waals surface area contributed by atoms with E-state index in [1.807, 2.05) is 0 Å². The van der Waals surface area contributed by atoms with E-state index in [9.17, 15) is 4.79 Å². The van der Waals surface area contributed by atoms with Gasteiger partial charge in [0, 0.05) is 18.0 Å². The van der Waals surface area contributed by atoms with Crippen LogP contribution in [-0.2, 0) is 11.3 Å². The summed E-state index contributed by atoms with van der Waals surface area (Å²) in [5.41, 5.74) is 2.46. The van der Waals surface area contributed by atoms with Crippen molar-refractivity contribution in [3.05, 3.63) is 29.3 Å². The molecule has 1 fully saturated rings. The first kappa shape index (κ1) is 17.3. The maximum absolute atomic E-state index is 12.1. The molecule has 1 saturated heterocycles. The topological polar surface area (TPSA) is 41.1 Å². The lowest BCUT2D eigenvalue weighted by molar-refractivity contribution is -0.125. The second-order valence-corrected chi connectivity index (χ2v) is 5.92. The van der Waals surface area contributed by atoms with Gasteiger partial charge in [-0.3, -0.25) is 4.79 Å². The number of halogens is 1. The maximum atomic E-state index is 12.1. The van der Waals surface area contributed by atoms with Gasteiger partial charge in [0.1, 0.15) is 0 Å². The van der Waals surface area contributed by atoms with Gasteiger partial charge >= 0.3 is 0 Å². The molecule has 1 unspecified atom stereocenters. The number of aryl methyl sites for hydroxylation is 1. The molecule has 1 amide bonds. The van der Waals surface area contributed by atoms with Crippen LogP contribution in [-0.4, -0.2) is 25.3 Å². The highest BCUT2D eigenvalue weighted by Crippen LogP contribution is 2.22. The Morgan fingerprint density at radius 2 is 2.30 bits per heavy atom. The van der Waals surface area contributed by atoms with E-state index in [1.165, 1.54) is 16.0 Å². The van der Waals surface area contributed by atoms with Crippen LogP contribution >= 0.6 is 24.2 Å². The van der Waals surface area contributed by atoms with Crippen LogP contribution in [0.3, 0.4) is 0 Å². The van der Waals surface area contributed by atoms with Gasteiger partial charge in [-0.1, -0.05) is 12.1 Å². The summed E-state index contributed by atoms with van der Waals surface area (Å²) in [7, 11) is 0. The van der Waals surface area contributed by atoms with Crippen LogP contribution in [0.2, 0.25) is 0 Å². The third kappa shape index (κ3) is 4.69. The van der Waals surface area contributed by atoms with Crippen molar-refractivity contribution < 1.29 is 4.79 Å². The minimum absolute atomic E-state index is 0. The Balaban J connectivity index is 0.00000200. The van der Waals surface area contributed by atoms with E-state index >= 15 is 0 Å². The second-order valence-electron chi connectivity index (χ2n) is 5.08. The molecule has 1 aromatic rings. The molecule has 0 bridgehead atoms. The number of nitrogens with one attached hydrogen (secondary N) is 2. The van der Waals surface area contributed by atoms with Crippen molar-refractivity contribution in [2.24, 2.45) is 5.92 Å². The van der Waals surface area contributed by atoms with Gasteiger partial charge in [-0.2, -0.15) is 0 Å². The van der Waals surface area contributed by atoms with Crippen LogP contribution in [0.25, 0.3) is 0 Å². The minimum atomic E-state index is 0. The number of amides is 1. The van der Waals surface area contributed by atoms with Crippen molar-refractivity contribution in [1.82, 2.24) is 10.6 Å². The van der Waals surface area contributed by atoms with Crippen LogP contribution in [0.15, 0.2) is 23.1 Å². The first-order valence-electron chi connectivity index (χ1n) is 6.82. The summed E-state index contributed by atoms with van der Waals surface area (Å²) >= 11 is 1.73. The highest BCUT2D eigenvalue weighted by atomic mass is 35.5. The second kappa shape index (κ2) is 8.55. The molecule has 2 N–H and O–H groups in total. The van der Waals surface area contributed by atoms with Gasteiger partial charge in [-0.25, -0.2) is 0 Å². The normalized spacial score (nSPS) is 18.2. The lowest BCUT2D eigenvalue weighted by Crippen LogP contribution is -2.40. The van der Waals surface area contributed by atoms with Crippen molar-refractivity contribution in [3.63, 3.8) is 0 Å². The van der Waals surface area contributed by atoms with Crippen molar-refractivity contribution in [2.45, 2.75) is 31.2 Å². The fourth-order valence-corrected chi connectivity index (χ4v) is 3.11. The quantitative estimate of drug-likeness (QED) is 0.840. The highest BCUT2D eigenvalue weighted by molar-refractivity contribution is 7.98. The van der Waals surface area contributed by atoms with Gasteiger partial charge in [0.25, 0.3) is 0 Å². The Hall–Kier alpha value is -0.710. The zero-order valence-electron chi connectivity index (χ0n) is 12.1. The fourth-order valence-electron chi connectivity index (χ4n) is 2.40. The predicted octanol–water partition coefficient (Wildman–Crippen LogP) is 2.75. The summed E-state index contributed by atoms with van der Waals surface area (Å²) in [6.45, 7) is 4.58. The number of carbonyl (C=O) groups is 1. The summed E-state index contributed by atoms with van der Waals surface area (Å²) in [6, 6.07) is 6.39. The average molecular weight is 315 g/mol. The smallest absolute Gasteiger partial charge is 0.224 e. The summed E-state index contributed by atoms with van der Waals surface area (Å²) in [5, 5.41) is 6.35. The van der Waals surface area contributed by atoms with E-state index in [-0.39, 0.29) is 24.2 Å². The van der Waals surface area contributed by atoms with Gasteiger partial charge in [-0.05, 0) is 49.8 Å². The summed E-state index contributed by atoms with van der Waals surface area (Å²) in [6.07, 6.45) is 4.17. The van der Waals surface area contributed by atoms with E-state index in [4.69, 9.17) is 0 Å². The molecule has 0 aromatic heterocycles. The molecule has 1 heterocycles. The van der Waals surface area contributed by atoms with Crippen LogP contribution in [0.4, 0.5) is 0 Å². The molecule has 5 heteroatoms. The van der Waals surface area contributed by atoms with Crippen LogP contribution in [0.5, 0.6) is 0 Å². The number of rotatable bonds is 4. The van der Waals surface area contributed by atoms with Crippen molar-refractivity contribution in [1.29, 1.82) is 0 Å². The molecule has 0 radical (unpaired) electrons. The Bertz CT molecular complexity index is 447. The van der Waals surface area contributed by atoms with Crippen molar-refractivity contribution >= 4 is 30.1 Å². The van der Waals surface area contributed by atoms with E-state index in [1.54, 1.807) is 11.8 Å². The summed E-state index contributed by atoms with van der Waals surface area (Å²) in [4.78, 5) is 13.3.